The molecule has 0 atom stereocenters. The first kappa shape index (κ1) is 32.8. The number of nitrogens with zero attached hydrogens (tertiary/aromatic N) is 1. The molecule has 1 aliphatic heterocycles. The lowest BCUT2D eigenvalue weighted by Crippen LogP contribution is -2.42. The molecule has 9 heteroatoms. The van der Waals surface area contributed by atoms with Crippen LogP contribution in [0.15, 0.2) is 120 Å². The van der Waals surface area contributed by atoms with Crippen molar-refractivity contribution in [2.24, 2.45) is 5.41 Å². The minimum absolute atomic E-state index is 0.0861. The second-order valence-electron chi connectivity index (χ2n) is 12.9. The summed E-state index contributed by atoms with van der Waals surface area (Å²) in [5.41, 5.74) is 8.63. The Morgan fingerprint density at radius 1 is 0.870 bits per heavy atom. The lowest BCUT2D eigenvalue weighted by atomic mass is 9.77. The molecule has 3 aromatic carbocycles. The molecule has 0 amide bonds. The molecule has 46 heavy (non-hydrogen) atoms. The summed E-state index contributed by atoms with van der Waals surface area (Å²) in [5.74, 6) is -0.390. The van der Waals surface area contributed by atoms with Gasteiger partial charge < -0.3 is 15.6 Å². The van der Waals surface area contributed by atoms with E-state index in [2.05, 4.69) is 34.0 Å². The molecule has 0 saturated carbocycles. The number of carbonyl (C=O) groups is 1. The number of nitrogens with one attached hydrogen (secondary N) is 1. The fourth-order valence-electron chi connectivity index (χ4n) is 6.03. The van der Waals surface area contributed by atoms with Crippen LogP contribution in [0.3, 0.4) is 0 Å². The molecular weight excluding hydrogens is 598 g/mol. The van der Waals surface area contributed by atoms with E-state index < -0.39 is 27.0 Å². The number of rotatable bonds is 13. The monoisotopic (exact) mass is 639 g/mol. The van der Waals surface area contributed by atoms with Crippen molar-refractivity contribution in [3.8, 4) is 0 Å². The number of ether oxygens (including phenoxy) is 1. The Balaban J connectivity index is 1.30. The average molecular weight is 640 g/mol. The maximum Gasteiger partial charge on any atom is 0.337 e. The number of benzene rings is 3. The van der Waals surface area contributed by atoms with Gasteiger partial charge in [0.25, 0.3) is 10.0 Å². The maximum atomic E-state index is 13.6. The van der Waals surface area contributed by atoms with E-state index in [0.29, 0.717) is 42.6 Å². The highest BCUT2D eigenvalue weighted by Gasteiger charge is 2.42. The zero-order chi connectivity index (χ0) is 32.8. The van der Waals surface area contributed by atoms with Gasteiger partial charge in [0.2, 0.25) is 0 Å². The summed E-state index contributed by atoms with van der Waals surface area (Å²) in [5, 5.41) is 11.3. The van der Waals surface area contributed by atoms with Crippen LogP contribution < -0.4 is 10.5 Å². The van der Waals surface area contributed by atoms with Crippen LogP contribution in [-0.2, 0) is 38.8 Å². The van der Waals surface area contributed by atoms with Gasteiger partial charge in [-0.2, -0.15) is 8.42 Å². The first-order chi connectivity index (χ1) is 21.9. The SMILES string of the molecule is CC(C)(CC1=C(O)CC(CCc2ccccc2)(CCc2ccccc2)OC1=O)Cc1cccc(NS(=O)(=O)c2ccc(N)cn2)c1. The number of sulfonamides is 1. The molecule has 4 N–H and O–H groups in total. The van der Waals surface area contributed by atoms with E-state index in [-0.39, 0.29) is 17.2 Å². The number of hydrogen-bond donors (Lipinski definition) is 3. The summed E-state index contributed by atoms with van der Waals surface area (Å²) in [6.07, 6.45) is 5.05. The number of anilines is 2. The first-order valence-electron chi connectivity index (χ1n) is 15.5. The quantitative estimate of drug-likeness (QED) is 0.132. The molecule has 0 fully saturated rings. The molecule has 0 bridgehead atoms. The number of aromatic nitrogens is 1. The van der Waals surface area contributed by atoms with Crippen molar-refractivity contribution >= 4 is 27.4 Å². The van der Waals surface area contributed by atoms with Crippen LogP contribution in [0, 0.1) is 5.41 Å². The van der Waals surface area contributed by atoms with Gasteiger partial charge in [0.1, 0.15) is 11.4 Å². The highest BCUT2D eigenvalue weighted by Crippen LogP contribution is 2.41. The van der Waals surface area contributed by atoms with Crippen molar-refractivity contribution in [1.82, 2.24) is 4.98 Å². The minimum atomic E-state index is -3.90. The number of aliphatic hydroxyl groups is 1. The summed E-state index contributed by atoms with van der Waals surface area (Å²) in [6, 6.07) is 30.2. The zero-order valence-electron chi connectivity index (χ0n) is 26.3. The van der Waals surface area contributed by atoms with Crippen molar-refractivity contribution < 1.29 is 23.1 Å². The average Bonchev–Trinajstić information content (AvgIpc) is 3.02. The lowest BCUT2D eigenvalue weighted by molar-refractivity contribution is -0.161. The summed E-state index contributed by atoms with van der Waals surface area (Å²) in [7, 11) is -3.90. The molecule has 0 aliphatic carbocycles. The predicted octanol–water partition coefficient (Wildman–Crippen LogP) is 7.19. The summed E-state index contributed by atoms with van der Waals surface area (Å²) in [4.78, 5) is 17.5. The number of nitrogens with two attached hydrogens (primary N) is 1. The maximum absolute atomic E-state index is 13.6. The van der Waals surface area contributed by atoms with E-state index in [9.17, 15) is 18.3 Å². The van der Waals surface area contributed by atoms with Crippen molar-refractivity contribution in [2.75, 3.05) is 10.5 Å². The van der Waals surface area contributed by atoms with E-state index in [4.69, 9.17) is 10.5 Å². The van der Waals surface area contributed by atoms with Crippen molar-refractivity contribution in [3.63, 3.8) is 0 Å². The molecule has 0 unspecified atom stereocenters. The number of hydrogen-bond acceptors (Lipinski definition) is 7. The summed E-state index contributed by atoms with van der Waals surface area (Å²) < 4.78 is 34.6. The molecule has 0 radical (unpaired) electrons. The fraction of sp³-hybridized carbons (Fsp3) is 0.297. The van der Waals surface area contributed by atoms with Crippen molar-refractivity contribution in [2.45, 2.75) is 69.4 Å². The number of esters is 1. The second kappa shape index (κ2) is 13.8. The number of carbonyl (C=O) groups excluding carboxylic acids is 1. The molecule has 1 aliphatic rings. The Hall–Kier alpha value is -4.63. The minimum Gasteiger partial charge on any atom is -0.512 e. The number of nitrogen functional groups attached to an aromatic ring is 1. The molecular formula is C37H41N3O5S. The van der Waals surface area contributed by atoms with Gasteiger partial charge in [-0.3, -0.25) is 4.72 Å². The number of cyclic esters (lactones) is 1. The molecule has 1 aromatic heterocycles. The third-order valence-electron chi connectivity index (χ3n) is 8.37. The second-order valence-corrected chi connectivity index (χ2v) is 14.5. The molecule has 0 spiro atoms. The Morgan fingerprint density at radius 2 is 1.48 bits per heavy atom. The lowest BCUT2D eigenvalue weighted by Gasteiger charge is -2.39. The highest BCUT2D eigenvalue weighted by molar-refractivity contribution is 7.92. The van der Waals surface area contributed by atoms with Gasteiger partial charge >= 0.3 is 5.97 Å². The van der Waals surface area contributed by atoms with Gasteiger partial charge in [0.05, 0.1) is 17.5 Å². The number of pyridine rings is 1. The Bertz CT molecular complexity index is 1740. The first-order valence-corrected chi connectivity index (χ1v) is 17.0. The van der Waals surface area contributed by atoms with Crippen molar-refractivity contribution in [3.05, 3.63) is 131 Å². The highest BCUT2D eigenvalue weighted by atomic mass is 32.2. The zero-order valence-corrected chi connectivity index (χ0v) is 27.1. The van der Waals surface area contributed by atoms with E-state index in [0.717, 1.165) is 29.5 Å². The molecule has 4 aromatic rings. The third kappa shape index (κ3) is 8.54. The molecule has 0 saturated heterocycles. The molecule has 240 valence electrons. The van der Waals surface area contributed by atoms with Crippen molar-refractivity contribution in [1.29, 1.82) is 0 Å². The molecule has 8 nitrogen and oxygen atoms in total. The normalized spacial score (nSPS) is 15.0. The van der Waals surface area contributed by atoms with Crippen LogP contribution in [0.4, 0.5) is 11.4 Å². The predicted molar refractivity (Wildman–Crippen MR) is 181 cm³/mol. The fourth-order valence-corrected chi connectivity index (χ4v) is 7.01. The van der Waals surface area contributed by atoms with Crippen LogP contribution in [0.2, 0.25) is 0 Å². The van der Waals surface area contributed by atoms with Crippen LogP contribution in [0.5, 0.6) is 0 Å². The van der Waals surface area contributed by atoms with Gasteiger partial charge in [-0.05, 0) is 84.9 Å². The topological polar surface area (TPSA) is 132 Å². The number of aliphatic hydroxyl groups excluding tert-OH is 1. The Morgan fingerprint density at radius 3 is 2.04 bits per heavy atom. The van der Waals surface area contributed by atoms with E-state index in [1.807, 2.05) is 56.3 Å². The van der Waals surface area contributed by atoms with Gasteiger partial charge in [0.15, 0.2) is 5.03 Å². The molecule has 5 rings (SSSR count). The summed E-state index contributed by atoms with van der Waals surface area (Å²) in [6.45, 7) is 4.03. The van der Waals surface area contributed by atoms with Crippen LogP contribution in [0.1, 0.15) is 56.2 Å². The van der Waals surface area contributed by atoms with Crippen LogP contribution in [-0.4, -0.2) is 30.1 Å². The van der Waals surface area contributed by atoms with Gasteiger partial charge in [-0.1, -0.05) is 86.6 Å². The van der Waals surface area contributed by atoms with Gasteiger partial charge in [-0.15, -0.1) is 0 Å². The van der Waals surface area contributed by atoms with E-state index in [1.165, 1.54) is 18.3 Å². The Labute approximate surface area is 271 Å². The third-order valence-corrected chi connectivity index (χ3v) is 9.67. The van der Waals surface area contributed by atoms with E-state index >= 15 is 0 Å². The Kier molecular flexibility index (Phi) is 9.82. The number of aryl methyl sites for hydroxylation is 2. The summed E-state index contributed by atoms with van der Waals surface area (Å²) >= 11 is 0. The van der Waals surface area contributed by atoms with Crippen LogP contribution >= 0.6 is 0 Å². The smallest absolute Gasteiger partial charge is 0.337 e. The van der Waals surface area contributed by atoms with E-state index in [1.54, 1.807) is 18.2 Å². The standard InChI is InChI=1S/C37H41N3O5S/c1-36(2,23-29-14-9-15-31(22-29)40-46(43,44)34-17-16-30(38)26-39-34)24-32-33(41)25-37(45-35(32)42,20-18-27-10-5-3-6-11-27)21-19-28-12-7-4-8-13-28/h3-17,22,26,40-41H,18-21,23-25,38H2,1-2H3. The molecule has 2 heterocycles. The van der Waals surface area contributed by atoms with Gasteiger partial charge in [-0.25, -0.2) is 9.78 Å². The largest absolute Gasteiger partial charge is 0.512 e. The van der Waals surface area contributed by atoms with Gasteiger partial charge in [0, 0.05) is 12.1 Å². The van der Waals surface area contributed by atoms with Crippen LogP contribution in [0.25, 0.3) is 0 Å².